The van der Waals surface area contributed by atoms with Crippen molar-refractivity contribution in [3.63, 3.8) is 0 Å². The molecule has 1 aromatic heterocycles. The molecule has 2 heterocycles. The van der Waals surface area contributed by atoms with Gasteiger partial charge in [0.15, 0.2) is 0 Å². The molecule has 1 aromatic carbocycles. The number of nitrogens with zero attached hydrogens (tertiary/aromatic N) is 3. The lowest BCUT2D eigenvalue weighted by atomic mass is 10.2. The number of hydrogen-bond acceptors (Lipinski definition) is 3. The highest BCUT2D eigenvalue weighted by Gasteiger charge is 2.14. The van der Waals surface area contributed by atoms with Crippen molar-refractivity contribution in [2.24, 2.45) is 0 Å². The van der Waals surface area contributed by atoms with Crippen molar-refractivity contribution in [1.29, 1.82) is 0 Å². The van der Waals surface area contributed by atoms with Crippen LogP contribution in [0.15, 0.2) is 29.0 Å². The minimum absolute atomic E-state index is 1.02. The molecule has 3 nitrogen and oxygen atoms in total. The van der Waals surface area contributed by atoms with Crippen LogP contribution in [0.25, 0.3) is 10.9 Å². The van der Waals surface area contributed by atoms with Gasteiger partial charge < -0.3 is 4.90 Å². The van der Waals surface area contributed by atoms with Crippen molar-refractivity contribution < 1.29 is 0 Å². The predicted octanol–water partition coefficient (Wildman–Crippen LogP) is 3.77. The lowest BCUT2D eigenvalue weighted by molar-refractivity contribution is 0.726. The van der Waals surface area contributed by atoms with Gasteiger partial charge in [-0.25, -0.2) is 9.97 Å². The Hall–Kier alpha value is -1.16. The fourth-order valence-electron chi connectivity index (χ4n) is 2.55. The third kappa shape index (κ3) is 2.34. The van der Waals surface area contributed by atoms with E-state index in [9.17, 15) is 0 Å². The SMILES string of the molecule is Brc1ccc2ncnc(N3CCCCCC3)c2c1. The standard InChI is InChI=1S/C14H16BrN3/c15-11-5-6-13-12(9-11)14(17-10-16-13)18-7-3-1-2-4-8-18/h5-6,9-10H,1-4,7-8H2. The van der Waals surface area contributed by atoms with E-state index in [-0.39, 0.29) is 0 Å². The number of anilines is 1. The molecule has 0 aliphatic carbocycles. The van der Waals surface area contributed by atoms with Gasteiger partial charge in [0.1, 0.15) is 12.1 Å². The highest BCUT2D eigenvalue weighted by atomic mass is 79.9. The van der Waals surface area contributed by atoms with E-state index in [2.05, 4.69) is 36.9 Å². The Morgan fingerprint density at radius 3 is 2.56 bits per heavy atom. The largest absolute Gasteiger partial charge is 0.356 e. The van der Waals surface area contributed by atoms with Crippen LogP contribution in [0.4, 0.5) is 5.82 Å². The molecule has 1 saturated heterocycles. The van der Waals surface area contributed by atoms with Crippen LogP contribution in [0, 0.1) is 0 Å². The average Bonchev–Trinajstić information content (AvgIpc) is 2.67. The van der Waals surface area contributed by atoms with E-state index < -0.39 is 0 Å². The van der Waals surface area contributed by atoms with Gasteiger partial charge in [-0.15, -0.1) is 0 Å². The lowest BCUT2D eigenvalue weighted by Gasteiger charge is -2.22. The van der Waals surface area contributed by atoms with Gasteiger partial charge in [-0.05, 0) is 31.0 Å². The molecule has 4 heteroatoms. The number of benzene rings is 1. The van der Waals surface area contributed by atoms with Gasteiger partial charge in [0.05, 0.1) is 5.52 Å². The molecule has 1 aliphatic heterocycles. The molecule has 0 radical (unpaired) electrons. The normalized spacial score (nSPS) is 16.8. The minimum atomic E-state index is 1.02. The van der Waals surface area contributed by atoms with Crippen LogP contribution in [0.3, 0.4) is 0 Å². The number of halogens is 1. The van der Waals surface area contributed by atoms with E-state index in [4.69, 9.17) is 0 Å². The van der Waals surface area contributed by atoms with Gasteiger partial charge >= 0.3 is 0 Å². The predicted molar refractivity (Wildman–Crippen MR) is 77.9 cm³/mol. The van der Waals surface area contributed by atoms with Crippen molar-refractivity contribution in [2.45, 2.75) is 25.7 Å². The van der Waals surface area contributed by atoms with Crippen molar-refractivity contribution in [3.8, 4) is 0 Å². The zero-order valence-electron chi connectivity index (χ0n) is 10.3. The first-order valence-electron chi connectivity index (χ1n) is 6.50. The van der Waals surface area contributed by atoms with Gasteiger partial charge in [-0.2, -0.15) is 0 Å². The topological polar surface area (TPSA) is 29.0 Å². The molecular weight excluding hydrogens is 290 g/mol. The summed E-state index contributed by atoms with van der Waals surface area (Å²) in [6, 6.07) is 6.19. The van der Waals surface area contributed by atoms with E-state index >= 15 is 0 Å². The molecule has 1 aliphatic rings. The average molecular weight is 306 g/mol. The Morgan fingerprint density at radius 1 is 1.00 bits per heavy atom. The van der Waals surface area contributed by atoms with E-state index in [1.165, 1.54) is 25.7 Å². The molecule has 2 aromatic rings. The Balaban J connectivity index is 2.06. The molecule has 1 fully saturated rings. The van der Waals surface area contributed by atoms with Crippen molar-refractivity contribution in [1.82, 2.24) is 9.97 Å². The van der Waals surface area contributed by atoms with Crippen molar-refractivity contribution in [2.75, 3.05) is 18.0 Å². The molecule has 0 saturated carbocycles. The zero-order valence-corrected chi connectivity index (χ0v) is 11.9. The Labute approximate surface area is 115 Å². The fraction of sp³-hybridized carbons (Fsp3) is 0.429. The molecule has 0 N–H and O–H groups in total. The number of rotatable bonds is 1. The summed E-state index contributed by atoms with van der Waals surface area (Å²) in [7, 11) is 0. The van der Waals surface area contributed by atoms with Gasteiger partial charge in [0, 0.05) is 22.9 Å². The summed E-state index contributed by atoms with van der Waals surface area (Å²) in [5, 5.41) is 1.15. The highest BCUT2D eigenvalue weighted by molar-refractivity contribution is 9.10. The maximum absolute atomic E-state index is 4.51. The molecule has 3 rings (SSSR count). The first kappa shape index (κ1) is 11.9. The second-order valence-corrected chi connectivity index (χ2v) is 5.68. The monoisotopic (exact) mass is 305 g/mol. The maximum atomic E-state index is 4.51. The van der Waals surface area contributed by atoms with Crippen LogP contribution in [-0.2, 0) is 0 Å². The second kappa shape index (κ2) is 5.22. The van der Waals surface area contributed by atoms with E-state index in [0.717, 1.165) is 34.3 Å². The first-order valence-corrected chi connectivity index (χ1v) is 7.29. The molecule has 18 heavy (non-hydrogen) atoms. The van der Waals surface area contributed by atoms with Crippen molar-refractivity contribution in [3.05, 3.63) is 29.0 Å². The van der Waals surface area contributed by atoms with Gasteiger partial charge in [0.25, 0.3) is 0 Å². The summed E-state index contributed by atoms with van der Waals surface area (Å²) in [5.74, 6) is 1.09. The molecule has 0 unspecified atom stereocenters. The van der Waals surface area contributed by atoms with Crippen LogP contribution in [0.2, 0.25) is 0 Å². The van der Waals surface area contributed by atoms with Crippen LogP contribution in [0.5, 0.6) is 0 Å². The van der Waals surface area contributed by atoms with E-state index in [0.29, 0.717) is 0 Å². The van der Waals surface area contributed by atoms with E-state index in [1.54, 1.807) is 6.33 Å². The quantitative estimate of drug-likeness (QED) is 0.803. The molecule has 0 spiro atoms. The summed E-state index contributed by atoms with van der Waals surface area (Å²) in [4.78, 5) is 11.3. The molecule has 94 valence electrons. The highest BCUT2D eigenvalue weighted by Crippen LogP contribution is 2.27. The minimum Gasteiger partial charge on any atom is -0.356 e. The van der Waals surface area contributed by atoms with Gasteiger partial charge in [0.2, 0.25) is 0 Å². The third-order valence-electron chi connectivity index (χ3n) is 3.48. The van der Waals surface area contributed by atoms with E-state index in [1.807, 2.05) is 12.1 Å². The number of aromatic nitrogens is 2. The summed E-state index contributed by atoms with van der Waals surface area (Å²) in [6.45, 7) is 2.22. The molecule has 0 amide bonds. The zero-order chi connectivity index (χ0) is 12.4. The summed E-state index contributed by atoms with van der Waals surface area (Å²) in [6.07, 6.45) is 6.88. The summed E-state index contributed by atoms with van der Waals surface area (Å²) >= 11 is 3.53. The Morgan fingerprint density at radius 2 is 1.78 bits per heavy atom. The lowest BCUT2D eigenvalue weighted by Crippen LogP contribution is -2.25. The molecule has 0 atom stereocenters. The van der Waals surface area contributed by atoms with Crippen molar-refractivity contribution >= 4 is 32.7 Å². The number of fused-ring (bicyclic) bond motifs is 1. The van der Waals surface area contributed by atoms with Crippen LogP contribution >= 0.6 is 15.9 Å². The maximum Gasteiger partial charge on any atom is 0.139 e. The number of hydrogen-bond donors (Lipinski definition) is 0. The Bertz CT molecular complexity index is 548. The van der Waals surface area contributed by atoms with Gasteiger partial charge in [-0.3, -0.25) is 0 Å². The molecule has 0 bridgehead atoms. The fourth-order valence-corrected chi connectivity index (χ4v) is 2.91. The third-order valence-corrected chi connectivity index (χ3v) is 3.98. The van der Waals surface area contributed by atoms with Gasteiger partial charge in [-0.1, -0.05) is 28.8 Å². The smallest absolute Gasteiger partial charge is 0.139 e. The second-order valence-electron chi connectivity index (χ2n) is 4.76. The summed E-state index contributed by atoms with van der Waals surface area (Å²) in [5.41, 5.74) is 1.02. The molecular formula is C14H16BrN3. The summed E-state index contributed by atoms with van der Waals surface area (Å²) < 4.78 is 1.08. The first-order chi connectivity index (χ1) is 8.84. The Kier molecular flexibility index (Phi) is 3.46. The van der Waals surface area contributed by atoms with Crippen LogP contribution < -0.4 is 4.90 Å². The van der Waals surface area contributed by atoms with Crippen LogP contribution in [-0.4, -0.2) is 23.1 Å². The van der Waals surface area contributed by atoms with Crippen LogP contribution in [0.1, 0.15) is 25.7 Å².